The Morgan fingerprint density at radius 2 is 2.09 bits per heavy atom. The number of halogens is 3. The van der Waals surface area contributed by atoms with Gasteiger partial charge in [0.1, 0.15) is 0 Å². The first-order valence-corrected chi connectivity index (χ1v) is 8.88. The Balaban J connectivity index is 2.28. The van der Waals surface area contributed by atoms with Crippen LogP contribution < -0.4 is 10.6 Å². The predicted octanol–water partition coefficient (Wildman–Crippen LogP) is 2.32. The van der Waals surface area contributed by atoms with Gasteiger partial charge in [-0.3, -0.25) is 9.89 Å². The van der Waals surface area contributed by atoms with Crippen LogP contribution in [0.2, 0.25) is 0 Å². The van der Waals surface area contributed by atoms with Gasteiger partial charge < -0.3 is 10.6 Å². The molecule has 1 aliphatic carbocycles. The van der Waals surface area contributed by atoms with Crippen LogP contribution in [0.15, 0.2) is 4.99 Å². The Labute approximate surface area is 135 Å². The van der Waals surface area contributed by atoms with Crippen molar-refractivity contribution >= 4 is 17.7 Å². The molecule has 4 nitrogen and oxygen atoms in total. The molecule has 130 valence electrons. The van der Waals surface area contributed by atoms with Gasteiger partial charge in [-0.05, 0) is 32.6 Å². The standard InChI is InChI=1S/C14H27F3N4S/c1-18-13(19-7-8-21(2)10-14(15,16)17)20-11-5-4-6-12(9-11)22-3/h11-12H,4-10H2,1-3H3,(H2,18,19,20). The van der Waals surface area contributed by atoms with Crippen molar-refractivity contribution in [3.8, 4) is 0 Å². The van der Waals surface area contributed by atoms with Crippen LogP contribution in [-0.2, 0) is 0 Å². The van der Waals surface area contributed by atoms with Crippen molar-refractivity contribution in [1.82, 2.24) is 15.5 Å². The van der Waals surface area contributed by atoms with Gasteiger partial charge in [0.05, 0.1) is 6.54 Å². The molecule has 2 N–H and O–H groups in total. The van der Waals surface area contributed by atoms with E-state index in [-0.39, 0.29) is 0 Å². The molecule has 2 unspecified atom stereocenters. The molecule has 8 heteroatoms. The summed E-state index contributed by atoms with van der Waals surface area (Å²) in [7, 11) is 3.15. The Bertz CT molecular complexity index is 349. The second-order valence-corrected chi connectivity index (χ2v) is 6.86. The summed E-state index contributed by atoms with van der Waals surface area (Å²) in [6.07, 6.45) is 2.67. The Hall–Kier alpha value is -0.630. The lowest BCUT2D eigenvalue weighted by Gasteiger charge is -2.30. The lowest BCUT2D eigenvalue weighted by molar-refractivity contribution is -0.142. The first-order chi connectivity index (χ1) is 10.3. The molecule has 22 heavy (non-hydrogen) atoms. The van der Waals surface area contributed by atoms with Gasteiger partial charge in [-0.1, -0.05) is 6.42 Å². The van der Waals surface area contributed by atoms with Crippen molar-refractivity contribution in [3.05, 3.63) is 0 Å². The summed E-state index contributed by atoms with van der Waals surface area (Å²) >= 11 is 1.90. The molecule has 0 aromatic heterocycles. The van der Waals surface area contributed by atoms with Gasteiger partial charge in [0, 0.05) is 31.4 Å². The van der Waals surface area contributed by atoms with Crippen molar-refractivity contribution < 1.29 is 13.2 Å². The van der Waals surface area contributed by atoms with Crippen LogP contribution in [0.5, 0.6) is 0 Å². The van der Waals surface area contributed by atoms with Gasteiger partial charge in [0.25, 0.3) is 0 Å². The molecule has 0 heterocycles. The number of hydrogen-bond acceptors (Lipinski definition) is 3. The monoisotopic (exact) mass is 340 g/mol. The first kappa shape index (κ1) is 19.4. The molecule has 0 aliphatic heterocycles. The zero-order valence-corrected chi connectivity index (χ0v) is 14.4. The summed E-state index contributed by atoms with van der Waals surface area (Å²) < 4.78 is 36.7. The third-order valence-electron chi connectivity index (χ3n) is 3.76. The second-order valence-electron chi connectivity index (χ2n) is 5.72. The maximum Gasteiger partial charge on any atom is 0.401 e. The molecule has 0 aromatic rings. The first-order valence-electron chi connectivity index (χ1n) is 7.59. The molecule has 1 saturated carbocycles. The minimum atomic E-state index is -4.15. The molecule has 0 aromatic carbocycles. The number of aliphatic imine (C=N–C) groups is 1. The summed E-state index contributed by atoms with van der Waals surface area (Å²) in [6.45, 7) is -0.137. The maximum atomic E-state index is 12.2. The van der Waals surface area contributed by atoms with E-state index in [1.54, 1.807) is 7.05 Å². The molecule has 0 saturated heterocycles. The fourth-order valence-corrected chi connectivity index (χ4v) is 3.46. The number of hydrogen-bond donors (Lipinski definition) is 2. The van der Waals surface area contributed by atoms with Gasteiger partial charge in [0.15, 0.2) is 5.96 Å². The van der Waals surface area contributed by atoms with E-state index in [4.69, 9.17) is 0 Å². The molecular weight excluding hydrogens is 313 g/mol. The van der Waals surface area contributed by atoms with E-state index in [1.807, 2.05) is 11.8 Å². The molecular formula is C14H27F3N4S. The smallest absolute Gasteiger partial charge is 0.355 e. The van der Waals surface area contributed by atoms with E-state index in [0.717, 1.165) is 12.8 Å². The highest BCUT2D eigenvalue weighted by atomic mass is 32.2. The number of guanidine groups is 1. The molecule has 2 atom stereocenters. The lowest BCUT2D eigenvalue weighted by Crippen LogP contribution is -2.47. The van der Waals surface area contributed by atoms with Crippen LogP contribution >= 0.6 is 11.8 Å². The zero-order chi connectivity index (χ0) is 16.6. The molecule has 0 amide bonds. The SMILES string of the molecule is CN=C(NCCN(C)CC(F)(F)F)NC1CCCC(SC)C1. The summed E-state index contributed by atoms with van der Waals surface area (Å²) in [4.78, 5) is 5.41. The van der Waals surface area contributed by atoms with Crippen LogP contribution in [0.4, 0.5) is 13.2 Å². The van der Waals surface area contributed by atoms with E-state index in [2.05, 4.69) is 21.9 Å². The van der Waals surface area contributed by atoms with Crippen molar-refractivity contribution in [3.63, 3.8) is 0 Å². The van der Waals surface area contributed by atoms with E-state index < -0.39 is 12.7 Å². The predicted molar refractivity (Wildman–Crippen MR) is 87.6 cm³/mol. The molecule has 0 bridgehead atoms. The fraction of sp³-hybridized carbons (Fsp3) is 0.929. The van der Waals surface area contributed by atoms with Crippen molar-refractivity contribution in [2.45, 2.75) is 43.2 Å². The number of thioether (sulfide) groups is 1. The number of rotatable bonds is 6. The Kier molecular flexibility index (Phi) is 8.38. The third-order valence-corrected chi connectivity index (χ3v) is 4.85. The summed E-state index contributed by atoms with van der Waals surface area (Å²) in [5.74, 6) is 0.673. The zero-order valence-electron chi connectivity index (χ0n) is 13.5. The van der Waals surface area contributed by atoms with Crippen LogP contribution in [0.3, 0.4) is 0 Å². The summed E-state index contributed by atoms with van der Waals surface area (Å²) in [6, 6.07) is 0.394. The van der Waals surface area contributed by atoms with Gasteiger partial charge in [-0.2, -0.15) is 24.9 Å². The maximum absolute atomic E-state index is 12.2. The molecule has 1 fully saturated rings. The normalized spacial score (nSPS) is 23.7. The highest BCUT2D eigenvalue weighted by molar-refractivity contribution is 7.99. The Morgan fingerprint density at radius 1 is 1.36 bits per heavy atom. The fourth-order valence-electron chi connectivity index (χ4n) is 2.63. The summed E-state index contributed by atoms with van der Waals surface area (Å²) in [5, 5.41) is 7.15. The van der Waals surface area contributed by atoms with Crippen LogP contribution in [-0.4, -0.2) is 68.3 Å². The van der Waals surface area contributed by atoms with Crippen molar-refractivity contribution in [2.24, 2.45) is 4.99 Å². The number of nitrogens with zero attached hydrogens (tertiary/aromatic N) is 2. The topological polar surface area (TPSA) is 39.7 Å². The largest absolute Gasteiger partial charge is 0.401 e. The molecule has 1 rings (SSSR count). The molecule has 0 spiro atoms. The average molecular weight is 340 g/mol. The van der Waals surface area contributed by atoms with Crippen LogP contribution in [0.25, 0.3) is 0 Å². The van der Waals surface area contributed by atoms with Crippen molar-refractivity contribution in [2.75, 3.05) is 40.0 Å². The second kappa shape index (κ2) is 9.50. The van der Waals surface area contributed by atoms with E-state index >= 15 is 0 Å². The number of alkyl halides is 3. The Morgan fingerprint density at radius 3 is 2.68 bits per heavy atom. The quantitative estimate of drug-likeness (QED) is 0.575. The van der Waals surface area contributed by atoms with Crippen LogP contribution in [0, 0.1) is 0 Å². The van der Waals surface area contributed by atoms with E-state index in [1.165, 1.54) is 24.8 Å². The van der Waals surface area contributed by atoms with E-state index in [0.29, 0.717) is 30.3 Å². The lowest BCUT2D eigenvalue weighted by atomic mass is 9.95. The molecule has 0 radical (unpaired) electrons. The van der Waals surface area contributed by atoms with Gasteiger partial charge in [-0.15, -0.1) is 0 Å². The van der Waals surface area contributed by atoms with Gasteiger partial charge in [0.2, 0.25) is 0 Å². The van der Waals surface area contributed by atoms with Crippen molar-refractivity contribution in [1.29, 1.82) is 0 Å². The average Bonchev–Trinajstić information content (AvgIpc) is 2.44. The minimum Gasteiger partial charge on any atom is -0.355 e. The van der Waals surface area contributed by atoms with Gasteiger partial charge >= 0.3 is 6.18 Å². The number of nitrogens with one attached hydrogen (secondary N) is 2. The highest BCUT2D eigenvalue weighted by Crippen LogP contribution is 2.26. The number of likely N-dealkylation sites (N-methyl/N-ethyl adjacent to an activating group) is 1. The van der Waals surface area contributed by atoms with Gasteiger partial charge in [-0.25, -0.2) is 0 Å². The molecule has 1 aliphatic rings. The summed E-state index contributed by atoms with van der Waals surface area (Å²) in [5.41, 5.74) is 0. The van der Waals surface area contributed by atoms with Crippen LogP contribution in [0.1, 0.15) is 25.7 Å². The third kappa shape index (κ3) is 8.12. The highest BCUT2D eigenvalue weighted by Gasteiger charge is 2.28. The van der Waals surface area contributed by atoms with E-state index in [9.17, 15) is 13.2 Å². The minimum absolute atomic E-state index is 0.318.